The second kappa shape index (κ2) is 11.6. The van der Waals surface area contributed by atoms with Crippen LogP contribution in [-0.2, 0) is 9.47 Å². The Balaban J connectivity index is 1.22. The summed E-state index contributed by atoms with van der Waals surface area (Å²) in [4.78, 5) is 31.4. The minimum Gasteiger partial charge on any atom is -0.461 e. The highest BCUT2D eigenvalue weighted by atomic mass is 35.5. The minimum atomic E-state index is -0.925. The first-order valence-electron chi connectivity index (χ1n) is 17.0. The molecule has 5 aliphatic heterocycles. The summed E-state index contributed by atoms with van der Waals surface area (Å²) >= 11 is 6.94. The summed E-state index contributed by atoms with van der Waals surface area (Å²) in [6, 6.07) is 1.80. The van der Waals surface area contributed by atoms with Crippen molar-refractivity contribution in [3.05, 3.63) is 34.9 Å². The van der Waals surface area contributed by atoms with Gasteiger partial charge in [-0.15, -0.1) is 0 Å². The zero-order valence-corrected chi connectivity index (χ0v) is 27.9. The zero-order valence-electron chi connectivity index (χ0n) is 27.1. The summed E-state index contributed by atoms with van der Waals surface area (Å²) in [5.41, 5.74) is 0.851. The maximum Gasteiger partial charge on any atom is 0.407 e. The third-order valence-corrected chi connectivity index (χ3v) is 11.3. The third-order valence-electron chi connectivity index (χ3n) is 11.0. The molecule has 0 radical (unpaired) electrons. The topological polar surface area (TPSA) is 131 Å². The van der Waals surface area contributed by atoms with Crippen molar-refractivity contribution in [2.24, 2.45) is 5.92 Å². The van der Waals surface area contributed by atoms with Gasteiger partial charge in [0.15, 0.2) is 5.82 Å². The smallest absolute Gasteiger partial charge is 0.407 e. The number of anilines is 1. The monoisotopic (exact) mass is 694 g/mol. The molecule has 12 nitrogen and oxygen atoms in total. The van der Waals surface area contributed by atoms with E-state index in [-0.39, 0.29) is 55.4 Å². The summed E-state index contributed by atoms with van der Waals surface area (Å²) < 4.78 is 49.8. The van der Waals surface area contributed by atoms with Gasteiger partial charge in [0.25, 0.3) is 0 Å². The highest BCUT2D eigenvalue weighted by molar-refractivity contribution is 6.33. The molecule has 8 heterocycles. The molecule has 3 saturated heterocycles. The average molecular weight is 695 g/mol. The predicted molar refractivity (Wildman–Crippen MR) is 177 cm³/mol. The Kier molecular flexibility index (Phi) is 7.36. The number of alkyl halides is 1. The van der Waals surface area contributed by atoms with Crippen LogP contribution < -0.4 is 15.0 Å². The Bertz CT molecular complexity index is 1980. The number of carbonyl (C=O) groups excluding carboxylic acids is 1. The number of amides is 1. The zero-order chi connectivity index (χ0) is 33.5. The fourth-order valence-electron chi connectivity index (χ4n) is 8.62. The number of H-pyrrole nitrogens is 1. The summed E-state index contributed by atoms with van der Waals surface area (Å²) in [6.07, 6.45) is 5.36. The Morgan fingerprint density at radius 1 is 1.20 bits per heavy atom. The van der Waals surface area contributed by atoms with E-state index >= 15 is 4.39 Å². The Morgan fingerprint density at radius 2 is 2.10 bits per heavy atom. The van der Waals surface area contributed by atoms with E-state index in [9.17, 15) is 9.18 Å². The van der Waals surface area contributed by atoms with Crippen LogP contribution in [0.25, 0.3) is 33.1 Å². The standard InChI is InChI=1S/C34H37ClF2N8O4/c1-33-15-44(6-8-47-16-33)30-22-12-38-29(27(37)28(22)40-31(41-30)49-17-34-4-2-5-45(34)14-19(36)11-34)26-21-13-39-43-24(21)10-23(35)25(26)20-9-18(20)3-7-48-32(46)42-33/h10,12-13,18-20H,2-9,11,14-17H2,1H3,(H,39,43)(H,42,46)/t18-,19+,20+,33-,34-/m0/s1. The number of benzene rings is 1. The number of halogens is 3. The molecule has 5 atom stereocenters. The van der Waals surface area contributed by atoms with E-state index in [1.165, 1.54) is 0 Å². The maximum atomic E-state index is 17.3. The van der Waals surface area contributed by atoms with Crippen molar-refractivity contribution < 1.29 is 27.8 Å². The van der Waals surface area contributed by atoms with Crippen LogP contribution in [-0.4, -0.2) is 106 Å². The second-order valence-corrected chi connectivity index (χ2v) is 14.9. The molecule has 4 aromatic rings. The van der Waals surface area contributed by atoms with Crippen LogP contribution in [0.4, 0.5) is 19.4 Å². The second-order valence-electron chi connectivity index (χ2n) is 14.5. The number of nitrogens with one attached hydrogen (secondary N) is 2. The number of hydrogen-bond acceptors (Lipinski definition) is 10. The molecule has 1 amide bonds. The minimum absolute atomic E-state index is 0.0127. The van der Waals surface area contributed by atoms with Gasteiger partial charge in [0.2, 0.25) is 0 Å². The molecule has 3 aromatic heterocycles. The van der Waals surface area contributed by atoms with Crippen molar-refractivity contribution in [1.82, 2.24) is 35.4 Å². The number of rotatable bonds is 3. The molecule has 0 unspecified atom stereocenters. The number of aromatic nitrogens is 5. The molecule has 2 N–H and O–H groups in total. The van der Waals surface area contributed by atoms with Crippen molar-refractivity contribution in [3.8, 4) is 17.3 Å². The number of fused-ring (bicyclic) bond motifs is 7. The van der Waals surface area contributed by atoms with Gasteiger partial charge in [0.05, 0.1) is 48.0 Å². The van der Waals surface area contributed by atoms with E-state index in [2.05, 4.69) is 25.4 Å². The number of pyridine rings is 1. The van der Waals surface area contributed by atoms with Gasteiger partial charge < -0.3 is 24.4 Å². The van der Waals surface area contributed by atoms with Crippen molar-refractivity contribution in [2.75, 3.05) is 57.5 Å². The quantitative estimate of drug-likeness (QED) is 0.297. The van der Waals surface area contributed by atoms with Crippen LogP contribution in [0.3, 0.4) is 0 Å². The highest BCUT2D eigenvalue weighted by Gasteiger charge is 2.49. The van der Waals surface area contributed by atoms with E-state index in [4.69, 9.17) is 35.8 Å². The molecular formula is C34H37ClF2N8O4. The first-order chi connectivity index (χ1) is 23.7. The van der Waals surface area contributed by atoms with E-state index in [0.717, 1.165) is 31.4 Å². The number of hydrogen-bond donors (Lipinski definition) is 2. The average Bonchev–Trinajstić information content (AvgIpc) is 3.37. The lowest BCUT2D eigenvalue weighted by molar-refractivity contribution is 0.0865. The molecule has 15 heteroatoms. The molecular weight excluding hydrogens is 658 g/mol. The van der Waals surface area contributed by atoms with Gasteiger partial charge in [-0.1, -0.05) is 11.6 Å². The molecule has 258 valence electrons. The Labute approximate surface area is 285 Å². The summed E-state index contributed by atoms with van der Waals surface area (Å²) in [5.74, 6) is -0.0380. The molecule has 4 fully saturated rings. The number of nitrogens with zero attached hydrogens (tertiary/aromatic N) is 6. The summed E-state index contributed by atoms with van der Waals surface area (Å²) in [7, 11) is 0. The van der Waals surface area contributed by atoms with Crippen LogP contribution in [0.15, 0.2) is 18.5 Å². The maximum absolute atomic E-state index is 17.3. The number of carbonyl (C=O) groups is 1. The van der Waals surface area contributed by atoms with Gasteiger partial charge in [-0.2, -0.15) is 15.1 Å². The number of alkyl carbamates (subject to hydrolysis) is 1. The van der Waals surface area contributed by atoms with E-state index in [1.807, 2.05) is 17.9 Å². The van der Waals surface area contributed by atoms with E-state index in [0.29, 0.717) is 65.2 Å². The molecule has 6 bridgehead atoms. The molecule has 1 aliphatic carbocycles. The van der Waals surface area contributed by atoms with Gasteiger partial charge in [-0.3, -0.25) is 15.0 Å². The molecule has 1 saturated carbocycles. The fraction of sp³-hybridized carbons (Fsp3) is 0.559. The van der Waals surface area contributed by atoms with Crippen molar-refractivity contribution in [2.45, 2.75) is 62.2 Å². The molecule has 0 spiro atoms. The third kappa shape index (κ3) is 5.34. The van der Waals surface area contributed by atoms with Crippen LogP contribution in [0.1, 0.15) is 50.5 Å². The van der Waals surface area contributed by atoms with Gasteiger partial charge in [-0.05, 0) is 62.6 Å². The normalized spacial score (nSPS) is 30.1. The summed E-state index contributed by atoms with van der Waals surface area (Å²) in [6.45, 7) is 4.75. The van der Waals surface area contributed by atoms with Gasteiger partial charge in [-0.25, -0.2) is 13.6 Å². The van der Waals surface area contributed by atoms with Crippen molar-refractivity contribution in [1.29, 1.82) is 0 Å². The lowest BCUT2D eigenvalue weighted by Crippen LogP contribution is -2.55. The first-order valence-corrected chi connectivity index (χ1v) is 17.4. The lowest BCUT2D eigenvalue weighted by Gasteiger charge is -2.33. The van der Waals surface area contributed by atoms with Crippen molar-refractivity contribution in [3.63, 3.8) is 0 Å². The lowest BCUT2D eigenvalue weighted by atomic mass is 9.94. The fourth-order valence-corrected chi connectivity index (χ4v) is 8.97. The predicted octanol–water partition coefficient (Wildman–Crippen LogP) is 5.14. The Hall–Kier alpha value is -3.88. The van der Waals surface area contributed by atoms with Crippen molar-refractivity contribution >= 4 is 45.3 Å². The molecule has 10 rings (SSSR count). The molecule has 6 aliphatic rings. The van der Waals surface area contributed by atoms with Crippen LogP contribution in [0.2, 0.25) is 5.02 Å². The summed E-state index contributed by atoms with van der Waals surface area (Å²) in [5, 5.41) is 11.8. The molecule has 49 heavy (non-hydrogen) atoms. The number of aromatic amines is 1. The SMILES string of the molecule is C[C@@]12COCCN(C1)c1nc(OC[C@@]34CCCN3C[C@H](F)C4)nc3c(F)c(ncc13)-c1c(c(Cl)cc3[nH]ncc13)[C@@H]1C[C@@H]1CCOC(=O)N2. The van der Waals surface area contributed by atoms with Gasteiger partial charge in [0.1, 0.15) is 29.8 Å². The van der Waals surface area contributed by atoms with E-state index in [1.54, 1.807) is 12.4 Å². The van der Waals surface area contributed by atoms with Crippen LogP contribution in [0.5, 0.6) is 6.01 Å². The van der Waals surface area contributed by atoms with Gasteiger partial charge >= 0.3 is 12.1 Å². The van der Waals surface area contributed by atoms with Crippen LogP contribution >= 0.6 is 11.6 Å². The highest BCUT2D eigenvalue weighted by Crippen LogP contribution is 2.56. The Morgan fingerprint density at radius 3 is 3.00 bits per heavy atom. The van der Waals surface area contributed by atoms with Crippen LogP contribution in [0, 0.1) is 11.7 Å². The largest absolute Gasteiger partial charge is 0.461 e. The van der Waals surface area contributed by atoms with E-state index < -0.39 is 29.2 Å². The number of ether oxygens (including phenoxy) is 3. The van der Waals surface area contributed by atoms with Gasteiger partial charge in [0, 0.05) is 48.2 Å². The first kappa shape index (κ1) is 31.1. The molecule has 1 aromatic carbocycles.